The number of rotatable bonds is 3. The second-order valence-corrected chi connectivity index (χ2v) is 5.23. The van der Waals surface area contributed by atoms with Crippen molar-refractivity contribution >= 4 is 0 Å². The fraction of sp³-hybridized carbons (Fsp3) is 0.714. The van der Waals surface area contributed by atoms with E-state index < -0.39 is 0 Å². The molecule has 1 saturated heterocycles. The van der Waals surface area contributed by atoms with Crippen LogP contribution in [0.15, 0.2) is 0 Å². The van der Waals surface area contributed by atoms with E-state index >= 15 is 0 Å². The largest absolute Gasteiger partial charge is 0.381 e. The number of hydrogen-bond donors (Lipinski definition) is 1. The van der Waals surface area contributed by atoms with Crippen LogP contribution < -0.4 is 5.32 Å². The fourth-order valence-corrected chi connectivity index (χ4v) is 2.88. The lowest BCUT2D eigenvalue weighted by molar-refractivity contribution is 0.185. The van der Waals surface area contributed by atoms with Gasteiger partial charge >= 0.3 is 0 Å². The van der Waals surface area contributed by atoms with E-state index in [2.05, 4.69) is 12.2 Å². The lowest BCUT2D eigenvalue weighted by Crippen LogP contribution is -2.27. The van der Waals surface area contributed by atoms with Gasteiger partial charge < -0.3 is 10.1 Å². The first kappa shape index (κ1) is 12.1. The van der Waals surface area contributed by atoms with Crippen LogP contribution in [0.3, 0.4) is 0 Å². The van der Waals surface area contributed by atoms with Crippen LogP contribution >= 0.6 is 0 Å². The van der Waals surface area contributed by atoms with Gasteiger partial charge in [0.1, 0.15) is 5.82 Å². The van der Waals surface area contributed by atoms with Gasteiger partial charge in [-0.25, -0.2) is 9.97 Å². The summed E-state index contributed by atoms with van der Waals surface area (Å²) >= 11 is 0. The van der Waals surface area contributed by atoms with Crippen LogP contribution in [0, 0.1) is 5.92 Å². The maximum atomic E-state index is 5.43. The van der Waals surface area contributed by atoms with Crippen LogP contribution in [-0.4, -0.2) is 29.7 Å². The van der Waals surface area contributed by atoms with Crippen LogP contribution in [-0.2, 0) is 30.5 Å². The standard InChI is InChI=1S/C14H21N3O/c1-2-12-11-3-5-15-8-13(11)17-14(16-12)7-10-4-6-18-9-10/h10,15H,2-9H2,1H3. The van der Waals surface area contributed by atoms with Gasteiger partial charge in [0.25, 0.3) is 0 Å². The van der Waals surface area contributed by atoms with Crippen LogP contribution in [0.5, 0.6) is 0 Å². The van der Waals surface area contributed by atoms with Crippen LogP contribution in [0.25, 0.3) is 0 Å². The predicted molar refractivity (Wildman–Crippen MR) is 69.5 cm³/mol. The second-order valence-electron chi connectivity index (χ2n) is 5.23. The smallest absolute Gasteiger partial charge is 0.129 e. The molecular weight excluding hydrogens is 226 g/mol. The Balaban J connectivity index is 1.85. The summed E-state index contributed by atoms with van der Waals surface area (Å²) in [7, 11) is 0. The molecule has 0 aromatic carbocycles. The Morgan fingerprint density at radius 3 is 3.11 bits per heavy atom. The third kappa shape index (κ3) is 2.40. The molecular formula is C14H21N3O. The third-order valence-corrected chi connectivity index (χ3v) is 3.90. The molecule has 1 unspecified atom stereocenters. The molecule has 0 amide bonds. The lowest BCUT2D eigenvalue weighted by atomic mass is 10.0. The Hall–Kier alpha value is -1.00. The quantitative estimate of drug-likeness (QED) is 0.873. The zero-order valence-corrected chi connectivity index (χ0v) is 11.0. The van der Waals surface area contributed by atoms with Crippen molar-refractivity contribution in [3.63, 3.8) is 0 Å². The van der Waals surface area contributed by atoms with Crippen LogP contribution in [0.4, 0.5) is 0 Å². The summed E-state index contributed by atoms with van der Waals surface area (Å²) in [4.78, 5) is 9.53. The molecule has 0 spiro atoms. The average molecular weight is 247 g/mol. The summed E-state index contributed by atoms with van der Waals surface area (Å²) < 4.78 is 5.43. The monoisotopic (exact) mass is 247 g/mol. The van der Waals surface area contributed by atoms with Crippen LogP contribution in [0.1, 0.15) is 36.1 Å². The first-order valence-corrected chi connectivity index (χ1v) is 7.02. The molecule has 4 heteroatoms. The normalized spacial score (nSPS) is 23.1. The first-order valence-electron chi connectivity index (χ1n) is 7.02. The molecule has 0 aliphatic carbocycles. The van der Waals surface area contributed by atoms with Crippen molar-refractivity contribution in [2.45, 2.75) is 39.2 Å². The van der Waals surface area contributed by atoms with E-state index in [9.17, 15) is 0 Å². The van der Waals surface area contributed by atoms with Crippen molar-refractivity contribution in [1.82, 2.24) is 15.3 Å². The summed E-state index contributed by atoms with van der Waals surface area (Å²) in [5.41, 5.74) is 3.88. The van der Waals surface area contributed by atoms with E-state index in [1.54, 1.807) is 0 Å². The molecule has 1 aromatic heterocycles. The SMILES string of the molecule is CCc1nc(CC2CCOC2)nc2c1CCNC2. The van der Waals surface area contributed by atoms with Gasteiger partial charge in [-0.1, -0.05) is 6.92 Å². The Bertz CT molecular complexity index is 410. The Morgan fingerprint density at radius 2 is 2.33 bits per heavy atom. The van der Waals surface area contributed by atoms with E-state index in [4.69, 9.17) is 14.7 Å². The van der Waals surface area contributed by atoms with Crippen LogP contribution in [0.2, 0.25) is 0 Å². The molecule has 2 aliphatic rings. The molecule has 1 aromatic rings. The summed E-state index contributed by atoms with van der Waals surface area (Å²) in [5, 5.41) is 3.40. The van der Waals surface area contributed by atoms with Gasteiger partial charge in [-0.3, -0.25) is 0 Å². The molecule has 0 radical (unpaired) electrons. The first-order chi connectivity index (χ1) is 8.86. The molecule has 4 nitrogen and oxygen atoms in total. The van der Waals surface area contributed by atoms with Gasteiger partial charge in [0.15, 0.2) is 0 Å². The Kier molecular flexibility index (Phi) is 3.57. The summed E-state index contributed by atoms with van der Waals surface area (Å²) in [5.74, 6) is 1.63. The highest BCUT2D eigenvalue weighted by Crippen LogP contribution is 2.20. The van der Waals surface area contributed by atoms with Crippen molar-refractivity contribution in [2.75, 3.05) is 19.8 Å². The highest BCUT2D eigenvalue weighted by Gasteiger charge is 2.20. The highest BCUT2D eigenvalue weighted by molar-refractivity contribution is 5.28. The molecule has 98 valence electrons. The summed E-state index contributed by atoms with van der Waals surface area (Å²) in [6.45, 7) is 5.92. The number of hydrogen-bond acceptors (Lipinski definition) is 4. The predicted octanol–water partition coefficient (Wildman–Crippen LogP) is 1.26. The number of ether oxygens (including phenoxy) is 1. The average Bonchev–Trinajstić information content (AvgIpc) is 2.90. The Labute approximate surface area is 108 Å². The summed E-state index contributed by atoms with van der Waals surface area (Å²) in [6.07, 6.45) is 4.21. The van der Waals surface area contributed by atoms with Gasteiger partial charge in [-0.05, 0) is 37.3 Å². The number of fused-ring (bicyclic) bond motifs is 1. The minimum Gasteiger partial charge on any atom is -0.381 e. The second kappa shape index (κ2) is 5.33. The molecule has 1 atom stereocenters. The van der Waals surface area contributed by atoms with Gasteiger partial charge in [0.2, 0.25) is 0 Å². The third-order valence-electron chi connectivity index (χ3n) is 3.90. The molecule has 0 saturated carbocycles. The minimum absolute atomic E-state index is 0.615. The molecule has 3 heterocycles. The molecule has 3 rings (SSSR count). The van der Waals surface area contributed by atoms with Crippen molar-refractivity contribution in [3.8, 4) is 0 Å². The summed E-state index contributed by atoms with van der Waals surface area (Å²) in [6, 6.07) is 0. The number of nitrogens with one attached hydrogen (secondary N) is 1. The van der Waals surface area contributed by atoms with Gasteiger partial charge in [-0.2, -0.15) is 0 Å². The molecule has 2 aliphatic heterocycles. The molecule has 0 bridgehead atoms. The highest BCUT2D eigenvalue weighted by atomic mass is 16.5. The zero-order chi connectivity index (χ0) is 12.4. The van der Waals surface area contributed by atoms with E-state index in [1.165, 1.54) is 17.0 Å². The van der Waals surface area contributed by atoms with E-state index in [0.717, 1.165) is 57.8 Å². The molecule has 18 heavy (non-hydrogen) atoms. The van der Waals surface area contributed by atoms with Gasteiger partial charge in [0, 0.05) is 31.9 Å². The van der Waals surface area contributed by atoms with Crippen molar-refractivity contribution in [2.24, 2.45) is 5.92 Å². The van der Waals surface area contributed by atoms with Gasteiger partial charge in [0.05, 0.1) is 5.69 Å². The van der Waals surface area contributed by atoms with Crippen molar-refractivity contribution in [3.05, 3.63) is 22.8 Å². The lowest BCUT2D eigenvalue weighted by Gasteiger charge is -2.20. The van der Waals surface area contributed by atoms with E-state index in [-0.39, 0.29) is 0 Å². The zero-order valence-electron chi connectivity index (χ0n) is 11.0. The Morgan fingerprint density at radius 1 is 1.39 bits per heavy atom. The number of nitrogens with zero attached hydrogens (tertiary/aromatic N) is 2. The van der Waals surface area contributed by atoms with Crippen molar-refractivity contribution in [1.29, 1.82) is 0 Å². The molecule has 1 N–H and O–H groups in total. The van der Waals surface area contributed by atoms with E-state index in [0.29, 0.717) is 5.92 Å². The maximum absolute atomic E-state index is 5.43. The maximum Gasteiger partial charge on any atom is 0.129 e. The number of aryl methyl sites for hydroxylation is 1. The van der Waals surface area contributed by atoms with Gasteiger partial charge in [-0.15, -0.1) is 0 Å². The minimum atomic E-state index is 0.615. The topological polar surface area (TPSA) is 47.0 Å². The number of aromatic nitrogens is 2. The van der Waals surface area contributed by atoms with Crippen molar-refractivity contribution < 1.29 is 4.74 Å². The fourth-order valence-electron chi connectivity index (χ4n) is 2.88. The van der Waals surface area contributed by atoms with E-state index in [1.807, 2.05) is 0 Å². The molecule has 1 fully saturated rings.